The van der Waals surface area contributed by atoms with Crippen LogP contribution in [0.1, 0.15) is 13.8 Å². The molecule has 2 aromatic rings. The van der Waals surface area contributed by atoms with Gasteiger partial charge in [0, 0.05) is 19.3 Å². The van der Waals surface area contributed by atoms with Crippen molar-refractivity contribution in [2.75, 3.05) is 25.1 Å². The van der Waals surface area contributed by atoms with E-state index < -0.39 is 0 Å². The van der Waals surface area contributed by atoms with E-state index in [0.717, 1.165) is 18.8 Å². The normalized spacial score (nSPS) is 11.2. The van der Waals surface area contributed by atoms with E-state index in [2.05, 4.69) is 29.2 Å². The summed E-state index contributed by atoms with van der Waals surface area (Å²) < 4.78 is 7.21. The number of fused-ring (bicyclic) bond motifs is 1. The van der Waals surface area contributed by atoms with Gasteiger partial charge < -0.3 is 10.1 Å². The summed E-state index contributed by atoms with van der Waals surface area (Å²) in [6.07, 6.45) is 1.88. The average molecular weight is 234 g/mol. The molecule has 0 unspecified atom stereocenters. The maximum Gasteiger partial charge on any atom is 0.243 e. The summed E-state index contributed by atoms with van der Waals surface area (Å²) in [6, 6.07) is 5.80. The standard InChI is InChI=1S/C12H18N4O/c1-10(2)9-17-8-6-13-12-14-11-5-3-4-7-16(11)15-12/h3-5,7,10H,6,8-9H2,1-2H3,(H,13,15). The number of rotatable bonds is 6. The third-order valence-electron chi connectivity index (χ3n) is 2.22. The minimum absolute atomic E-state index is 0.573. The molecular formula is C12H18N4O. The highest BCUT2D eigenvalue weighted by molar-refractivity contribution is 5.42. The zero-order valence-electron chi connectivity index (χ0n) is 10.3. The molecular weight excluding hydrogens is 216 g/mol. The van der Waals surface area contributed by atoms with Crippen molar-refractivity contribution in [3.8, 4) is 0 Å². The van der Waals surface area contributed by atoms with Crippen molar-refractivity contribution in [2.24, 2.45) is 5.92 Å². The fourth-order valence-corrected chi connectivity index (χ4v) is 1.46. The second-order valence-corrected chi connectivity index (χ2v) is 4.33. The first-order valence-corrected chi connectivity index (χ1v) is 5.89. The van der Waals surface area contributed by atoms with E-state index in [1.165, 1.54) is 0 Å². The molecule has 0 saturated carbocycles. The second kappa shape index (κ2) is 5.63. The van der Waals surface area contributed by atoms with Crippen LogP contribution in [-0.2, 0) is 4.74 Å². The molecule has 0 atom stereocenters. The molecule has 2 aromatic heterocycles. The van der Waals surface area contributed by atoms with Crippen LogP contribution in [0.4, 0.5) is 5.95 Å². The Morgan fingerprint density at radius 2 is 2.29 bits per heavy atom. The maximum absolute atomic E-state index is 5.47. The molecule has 5 nitrogen and oxygen atoms in total. The molecule has 5 heteroatoms. The van der Waals surface area contributed by atoms with Gasteiger partial charge in [0.25, 0.3) is 0 Å². The summed E-state index contributed by atoms with van der Waals surface area (Å²) >= 11 is 0. The number of nitrogens with zero attached hydrogens (tertiary/aromatic N) is 3. The van der Waals surface area contributed by atoms with Gasteiger partial charge in [-0.2, -0.15) is 4.98 Å². The third-order valence-corrected chi connectivity index (χ3v) is 2.22. The van der Waals surface area contributed by atoms with Gasteiger partial charge in [-0.05, 0) is 18.1 Å². The summed E-state index contributed by atoms with van der Waals surface area (Å²) in [7, 11) is 0. The minimum Gasteiger partial charge on any atom is -0.379 e. The lowest BCUT2D eigenvalue weighted by Crippen LogP contribution is -2.12. The fourth-order valence-electron chi connectivity index (χ4n) is 1.46. The zero-order chi connectivity index (χ0) is 12.1. The summed E-state index contributed by atoms with van der Waals surface area (Å²) in [5, 5.41) is 7.42. The molecule has 0 aliphatic rings. The Labute approximate surface area is 101 Å². The molecule has 2 rings (SSSR count). The fraction of sp³-hybridized carbons (Fsp3) is 0.500. The Balaban J connectivity index is 1.79. The van der Waals surface area contributed by atoms with Gasteiger partial charge in [-0.3, -0.25) is 0 Å². The van der Waals surface area contributed by atoms with Crippen molar-refractivity contribution in [2.45, 2.75) is 13.8 Å². The molecule has 2 heterocycles. The van der Waals surface area contributed by atoms with E-state index in [-0.39, 0.29) is 0 Å². The Hall–Kier alpha value is -1.62. The number of ether oxygens (including phenoxy) is 1. The minimum atomic E-state index is 0.573. The van der Waals surface area contributed by atoms with Crippen LogP contribution in [0.2, 0.25) is 0 Å². The number of aromatic nitrogens is 3. The number of hydrogen-bond acceptors (Lipinski definition) is 4. The smallest absolute Gasteiger partial charge is 0.243 e. The van der Waals surface area contributed by atoms with E-state index in [9.17, 15) is 0 Å². The average Bonchev–Trinajstić information content (AvgIpc) is 2.70. The van der Waals surface area contributed by atoms with Crippen LogP contribution in [-0.4, -0.2) is 34.4 Å². The monoisotopic (exact) mass is 234 g/mol. The molecule has 0 aromatic carbocycles. The van der Waals surface area contributed by atoms with E-state index in [1.54, 1.807) is 4.52 Å². The largest absolute Gasteiger partial charge is 0.379 e. The number of anilines is 1. The highest BCUT2D eigenvalue weighted by Gasteiger charge is 2.01. The van der Waals surface area contributed by atoms with Crippen molar-refractivity contribution >= 4 is 11.6 Å². The lowest BCUT2D eigenvalue weighted by molar-refractivity contribution is 0.118. The molecule has 17 heavy (non-hydrogen) atoms. The molecule has 0 fully saturated rings. The van der Waals surface area contributed by atoms with Crippen molar-refractivity contribution in [3.63, 3.8) is 0 Å². The molecule has 0 bridgehead atoms. The van der Waals surface area contributed by atoms with Crippen LogP contribution in [0.5, 0.6) is 0 Å². The topological polar surface area (TPSA) is 51.5 Å². The molecule has 0 aliphatic heterocycles. The Kier molecular flexibility index (Phi) is 3.93. The zero-order valence-corrected chi connectivity index (χ0v) is 10.3. The molecule has 0 spiro atoms. The Morgan fingerprint density at radius 1 is 1.41 bits per heavy atom. The molecule has 1 N–H and O–H groups in total. The first-order chi connectivity index (χ1) is 8.25. The summed E-state index contributed by atoms with van der Waals surface area (Å²) in [5.41, 5.74) is 0.845. The Bertz CT molecular complexity index is 433. The van der Waals surface area contributed by atoms with Gasteiger partial charge >= 0.3 is 0 Å². The highest BCUT2D eigenvalue weighted by atomic mass is 16.5. The van der Waals surface area contributed by atoms with Gasteiger partial charge in [-0.15, -0.1) is 5.10 Å². The van der Waals surface area contributed by atoms with Crippen LogP contribution in [0.25, 0.3) is 5.65 Å². The van der Waals surface area contributed by atoms with Crippen LogP contribution < -0.4 is 5.32 Å². The van der Waals surface area contributed by atoms with Crippen molar-refractivity contribution < 1.29 is 4.74 Å². The second-order valence-electron chi connectivity index (χ2n) is 4.33. The number of pyridine rings is 1. The maximum atomic E-state index is 5.47. The van der Waals surface area contributed by atoms with Crippen molar-refractivity contribution in [1.29, 1.82) is 0 Å². The van der Waals surface area contributed by atoms with Crippen molar-refractivity contribution in [1.82, 2.24) is 14.6 Å². The van der Waals surface area contributed by atoms with Gasteiger partial charge in [0.15, 0.2) is 5.65 Å². The van der Waals surface area contributed by atoms with E-state index in [0.29, 0.717) is 18.5 Å². The molecule has 0 aliphatic carbocycles. The van der Waals surface area contributed by atoms with E-state index in [4.69, 9.17) is 4.74 Å². The van der Waals surface area contributed by atoms with E-state index >= 15 is 0 Å². The van der Waals surface area contributed by atoms with Gasteiger partial charge in [-0.25, -0.2) is 4.52 Å². The number of nitrogens with one attached hydrogen (secondary N) is 1. The molecule has 92 valence electrons. The predicted molar refractivity (Wildman–Crippen MR) is 67.1 cm³/mol. The van der Waals surface area contributed by atoms with Gasteiger partial charge in [0.2, 0.25) is 5.95 Å². The van der Waals surface area contributed by atoms with Crippen molar-refractivity contribution in [3.05, 3.63) is 24.4 Å². The lowest BCUT2D eigenvalue weighted by Gasteiger charge is -2.06. The van der Waals surface area contributed by atoms with Gasteiger partial charge in [-0.1, -0.05) is 19.9 Å². The predicted octanol–water partition coefficient (Wildman–Crippen LogP) is 1.81. The van der Waals surface area contributed by atoms with Gasteiger partial charge in [0.05, 0.1) is 6.61 Å². The quantitative estimate of drug-likeness (QED) is 0.774. The van der Waals surface area contributed by atoms with Gasteiger partial charge in [0.1, 0.15) is 0 Å². The van der Waals surface area contributed by atoms with Crippen LogP contribution in [0, 0.1) is 5.92 Å². The third kappa shape index (κ3) is 3.42. The molecule has 0 amide bonds. The Morgan fingerprint density at radius 3 is 3.06 bits per heavy atom. The molecule has 0 radical (unpaired) electrons. The van der Waals surface area contributed by atoms with E-state index in [1.807, 2.05) is 24.4 Å². The number of hydrogen-bond donors (Lipinski definition) is 1. The first kappa shape index (κ1) is 11.9. The van der Waals surface area contributed by atoms with Crippen LogP contribution in [0.3, 0.4) is 0 Å². The van der Waals surface area contributed by atoms with Crippen LogP contribution >= 0.6 is 0 Å². The molecule has 0 saturated heterocycles. The van der Waals surface area contributed by atoms with Crippen LogP contribution in [0.15, 0.2) is 24.4 Å². The summed E-state index contributed by atoms with van der Waals surface area (Å²) in [4.78, 5) is 4.33. The summed E-state index contributed by atoms with van der Waals surface area (Å²) in [5.74, 6) is 1.22. The highest BCUT2D eigenvalue weighted by Crippen LogP contribution is 2.03. The summed E-state index contributed by atoms with van der Waals surface area (Å²) in [6.45, 7) is 6.46. The SMILES string of the molecule is CC(C)COCCNc1nc2ccccn2n1. The first-order valence-electron chi connectivity index (χ1n) is 5.89. The lowest BCUT2D eigenvalue weighted by atomic mass is 10.2.